The number of rotatable bonds is 6. The third kappa shape index (κ3) is 4.50. The van der Waals surface area contributed by atoms with Crippen LogP contribution in [0.3, 0.4) is 0 Å². The lowest BCUT2D eigenvalue weighted by molar-refractivity contribution is 0.102. The number of nitrogens with one attached hydrogen (secondary N) is 1. The molecule has 1 amide bonds. The molecule has 0 saturated carbocycles. The van der Waals surface area contributed by atoms with Gasteiger partial charge in [0.15, 0.2) is 10.8 Å². The van der Waals surface area contributed by atoms with Crippen LogP contribution in [0, 0.1) is 6.92 Å². The molecule has 7 heteroatoms. The number of aryl methyl sites for hydroxylation is 1. The van der Waals surface area contributed by atoms with E-state index in [9.17, 15) is 4.79 Å². The zero-order valence-electron chi connectivity index (χ0n) is 15.4. The van der Waals surface area contributed by atoms with Gasteiger partial charge < -0.3 is 0 Å². The van der Waals surface area contributed by atoms with Crippen LogP contribution in [0.15, 0.2) is 67.1 Å². The topological polar surface area (TPSA) is 72.7 Å². The number of amides is 1. The molecule has 0 saturated heterocycles. The Labute approximate surface area is 166 Å². The van der Waals surface area contributed by atoms with Crippen molar-refractivity contribution in [1.82, 2.24) is 19.7 Å². The maximum atomic E-state index is 12.4. The highest BCUT2D eigenvalue weighted by Crippen LogP contribution is 2.22. The van der Waals surface area contributed by atoms with E-state index in [-0.39, 0.29) is 5.91 Å². The van der Waals surface area contributed by atoms with Crippen molar-refractivity contribution >= 4 is 22.4 Å². The third-order valence-electron chi connectivity index (χ3n) is 4.20. The zero-order valence-corrected chi connectivity index (χ0v) is 16.2. The fourth-order valence-electron chi connectivity index (χ4n) is 2.74. The van der Waals surface area contributed by atoms with Crippen LogP contribution >= 0.6 is 11.3 Å². The highest BCUT2D eigenvalue weighted by atomic mass is 32.1. The second-order valence-electron chi connectivity index (χ2n) is 6.47. The summed E-state index contributed by atoms with van der Waals surface area (Å²) in [6, 6.07) is 15.8. The molecular weight excluding hydrogens is 370 g/mol. The van der Waals surface area contributed by atoms with Crippen LogP contribution < -0.4 is 5.32 Å². The van der Waals surface area contributed by atoms with Gasteiger partial charge in [-0.15, -0.1) is 11.3 Å². The molecule has 0 radical (unpaired) electrons. The van der Waals surface area contributed by atoms with Gasteiger partial charge in [-0.05, 0) is 30.7 Å². The first-order valence-corrected chi connectivity index (χ1v) is 9.72. The number of thiazole rings is 1. The van der Waals surface area contributed by atoms with E-state index in [2.05, 4.69) is 51.6 Å². The van der Waals surface area contributed by atoms with Crippen molar-refractivity contribution in [2.75, 3.05) is 5.32 Å². The van der Waals surface area contributed by atoms with Crippen molar-refractivity contribution < 1.29 is 4.79 Å². The van der Waals surface area contributed by atoms with Crippen molar-refractivity contribution in [1.29, 1.82) is 0 Å². The molecule has 3 heterocycles. The van der Waals surface area contributed by atoms with E-state index in [1.807, 2.05) is 18.2 Å². The molecule has 0 unspecified atom stereocenters. The number of carbonyl (C=O) groups excluding carboxylic acids is 1. The Balaban J connectivity index is 1.37. The number of hydrogen-bond acceptors (Lipinski definition) is 5. The predicted molar refractivity (Wildman–Crippen MR) is 110 cm³/mol. The summed E-state index contributed by atoms with van der Waals surface area (Å²) in [5.74, 6) is -0.268. The Bertz CT molecular complexity index is 1070. The lowest BCUT2D eigenvalue weighted by Crippen LogP contribution is -2.13. The summed E-state index contributed by atoms with van der Waals surface area (Å²) in [5, 5.41) is 7.73. The van der Waals surface area contributed by atoms with Gasteiger partial charge in [0.25, 0.3) is 5.91 Å². The van der Waals surface area contributed by atoms with E-state index in [0.717, 1.165) is 17.0 Å². The van der Waals surface area contributed by atoms with E-state index in [1.165, 1.54) is 22.5 Å². The molecule has 1 N–H and O–H groups in total. The molecule has 0 aliphatic rings. The van der Waals surface area contributed by atoms with Gasteiger partial charge in [0.1, 0.15) is 0 Å². The molecule has 0 spiro atoms. The SMILES string of the molecule is Cc1ccc(Cc2cnc(NC(=O)c3ccn(Cc4ccccn4)n3)s2)cc1. The zero-order chi connectivity index (χ0) is 19.3. The van der Waals surface area contributed by atoms with Crippen LogP contribution in [0.4, 0.5) is 5.13 Å². The van der Waals surface area contributed by atoms with Gasteiger partial charge in [-0.2, -0.15) is 5.10 Å². The molecular formula is C21H19N5OS. The Morgan fingerprint density at radius 3 is 2.75 bits per heavy atom. The van der Waals surface area contributed by atoms with Gasteiger partial charge in [-0.3, -0.25) is 19.8 Å². The van der Waals surface area contributed by atoms with Gasteiger partial charge in [0, 0.05) is 29.9 Å². The molecule has 0 bridgehead atoms. The van der Waals surface area contributed by atoms with E-state index >= 15 is 0 Å². The fraction of sp³-hybridized carbons (Fsp3) is 0.143. The number of aromatic nitrogens is 4. The molecule has 4 aromatic rings. The smallest absolute Gasteiger partial charge is 0.277 e. The van der Waals surface area contributed by atoms with Gasteiger partial charge in [-0.25, -0.2) is 4.98 Å². The summed E-state index contributed by atoms with van der Waals surface area (Å²) in [5.41, 5.74) is 3.70. The van der Waals surface area contributed by atoms with E-state index in [1.54, 1.807) is 29.3 Å². The highest BCUT2D eigenvalue weighted by Gasteiger charge is 2.12. The molecule has 28 heavy (non-hydrogen) atoms. The van der Waals surface area contributed by atoms with E-state index < -0.39 is 0 Å². The van der Waals surface area contributed by atoms with E-state index in [0.29, 0.717) is 17.4 Å². The Hall–Kier alpha value is -3.32. The van der Waals surface area contributed by atoms with Crippen LogP contribution in [-0.2, 0) is 13.0 Å². The normalized spacial score (nSPS) is 10.8. The van der Waals surface area contributed by atoms with Crippen LogP contribution in [0.1, 0.15) is 32.2 Å². The Morgan fingerprint density at radius 1 is 1.11 bits per heavy atom. The van der Waals surface area contributed by atoms with Crippen molar-refractivity contribution in [2.24, 2.45) is 0 Å². The maximum Gasteiger partial charge on any atom is 0.277 e. The lowest BCUT2D eigenvalue weighted by Gasteiger charge is -2.01. The van der Waals surface area contributed by atoms with Gasteiger partial charge in [-0.1, -0.05) is 35.9 Å². The van der Waals surface area contributed by atoms with Crippen molar-refractivity contribution in [2.45, 2.75) is 19.9 Å². The lowest BCUT2D eigenvalue weighted by atomic mass is 10.1. The minimum absolute atomic E-state index is 0.268. The predicted octanol–water partition coefficient (Wildman–Crippen LogP) is 3.93. The first kappa shape index (κ1) is 18.1. The standard InChI is InChI=1S/C21H19N5OS/c1-15-5-7-16(8-6-15)12-18-13-23-21(28-18)24-20(27)19-9-11-26(25-19)14-17-4-2-3-10-22-17/h2-11,13H,12,14H2,1H3,(H,23,24,27). The summed E-state index contributed by atoms with van der Waals surface area (Å²) in [4.78, 5) is 22.1. The second kappa shape index (κ2) is 8.14. The van der Waals surface area contributed by atoms with Crippen LogP contribution in [-0.4, -0.2) is 25.7 Å². The first-order chi connectivity index (χ1) is 13.7. The van der Waals surface area contributed by atoms with Crippen LogP contribution in [0.5, 0.6) is 0 Å². The van der Waals surface area contributed by atoms with E-state index in [4.69, 9.17) is 0 Å². The molecule has 0 aliphatic carbocycles. The fourth-order valence-corrected chi connectivity index (χ4v) is 3.59. The average molecular weight is 389 g/mol. The molecule has 0 fully saturated rings. The summed E-state index contributed by atoms with van der Waals surface area (Å²) >= 11 is 1.48. The molecule has 140 valence electrons. The summed E-state index contributed by atoms with van der Waals surface area (Å²) < 4.78 is 1.70. The maximum absolute atomic E-state index is 12.4. The number of anilines is 1. The van der Waals surface area contributed by atoms with Crippen molar-refractivity contribution in [3.05, 3.63) is 94.5 Å². The van der Waals surface area contributed by atoms with Crippen molar-refractivity contribution in [3.8, 4) is 0 Å². The third-order valence-corrected chi connectivity index (χ3v) is 5.11. The van der Waals surface area contributed by atoms with Gasteiger partial charge in [0.05, 0.1) is 12.2 Å². The Kier molecular flexibility index (Phi) is 5.25. The average Bonchev–Trinajstić information content (AvgIpc) is 3.34. The highest BCUT2D eigenvalue weighted by molar-refractivity contribution is 7.15. The number of pyridine rings is 1. The number of hydrogen-bond donors (Lipinski definition) is 1. The summed E-state index contributed by atoms with van der Waals surface area (Å²) in [6.45, 7) is 2.59. The number of benzene rings is 1. The summed E-state index contributed by atoms with van der Waals surface area (Å²) in [6.07, 6.45) is 6.11. The van der Waals surface area contributed by atoms with Crippen LogP contribution in [0.25, 0.3) is 0 Å². The number of carbonyl (C=O) groups is 1. The molecule has 4 rings (SSSR count). The van der Waals surface area contributed by atoms with Crippen molar-refractivity contribution in [3.63, 3.8) is 0 Å². The first-order valence-electron chi connectivity index (χ1n) is 8.91. The van der Waals surface area contributed by atoms with Crippen LogP contribution in [0.2, 0.25) is 0 Å². The monoisotopic (exact) mass is 389 g/mol. The number of nitrogens with zero attached hydrogens (tertiary/aromatic N) is 4. The molecule has 0 atom stereocenters. The van der Waals surface area contributed by atoms with Gasteiger partial charge >= 0.3 is 0 Å². The minimum atomic E-state index is -0.268. The quantitative estimate of drug-likeness (QED) is 0.542. The molecule has 1 aromatic carbocycles. The second-order valence-corrected chi connectivity index (χ2v) is 7.58. The van der Waals surface area contributed by atoms with Gasteiger partial charge in [0.2, 0.25) is 0 Å². The minimum Gasteiger partial charge on any atom is -0.296 e. The Morgan fingerprint density at radius 2 is 1.96 bits per heavy atom. The summed E-state index contributed by atoms with van der Waals surface area (Å²) in [7, 11) is 0. The largest absolute Gasteiger partial charge is 0.296 e. The molecule has 3 aromatic heterocycles. The molecule has 6 nitrogen and oxygen atoms in total. The molecule has 0 aliphatic heterocycles.